The van der Waals surface area contributed by atoms with Crippen molar-refractivity contribution in [2.24, 2.45) is 5.73 Å². The van der Waals surface area contributed by atoms with Crippen molar-refractivity contribution in [2.75, 3.05) is 18.4 Å². The monoisotopic (exact) mass is 339 g/mol. The van der Waals surface area contributed by atoms with Crippen LogP contribution >= 0.6 is 0 Å². The third kappa shape index (κ3) is 4.47. The lowest BCUT2D eigenvalue weighted by Crippen LogP contribution is -2.28. The summed E-state index contributed by atoms with van der Waals surface area (Å²) in [6.45, 7) is 2.04. The van der Waals surface area contributed by atoms with Crippen LogP contribution in [0.2, 0.25) is 0 Å². The number of anilines is 1. The first kappa shape index (κ1) is 16.8. The molecule has 7 nitrogen and oxygen atoms in total. The summed E-state index contributed by atoms with van der Waals surface area (Å²) in [4.78, 5) is 25.8. The molecule has 7 heteroatoms. The number of hydrogen-bond donors (Lipinski definition) is 2. The van der Waals surface area contributed by atoms with E-state index < -0.39 is 5.91 Å². The molecular formula is C18H21N5O2. The van der Waals surface area contributed by atoms with Gasteiger partial charge >= 0.3 is 0 Å². The van der Waals surface area contributed by atoms with Gasteiger partial charge in [-0.1, -0.05) is 30.3 Å². The fraction of sp³-hybridized carbons (Fsp3) is 0.278. The predicted octanol–water partition coefficient (Wildman–Crippen LogP) is 1.33. The van der Waals surface area contributed by atoms with Crippen LogP contribution in [0.25, 0.3) is 0 Å². The molecule has 2 amide bonds. The third-order valence-corrected chi connectivity index (χ3v) is 4.04. The molecule has 0 aliphatic carbocycles. The fourth-order valence-corrected chi connectivity index (χ4v) is 2.72. The molecule has 0 saturated carbocycles. The highest BCUT2D eigenvalue weighted by molar-refractivity contribution is 6.06. The first-order valence-corrected chi connectivity index (χ1v) is 8.25. The zero-order valence-electron chi connectivity index (χ0n) is 13.9. The van der Waals surface area contributed by atoms with Crippen molar-refractivity contribution < 1.29 is 9.59 Å². The van der Waals surface area contributed by atoms with E-state index in [4.69, 9.17) is 5.73 Å². The van der Waals surface area contributed by atoms with E-state index in [1.54, 1.807) is 22.0 Å². The van der Waals surface area contributed by atoms with E-state index in [2.05, 4.69) is 10.4 Å². The second-order valence-electron chi connectivity index (χ2n) is 6.00. The normalized spacial score (nSPS) is 14.6. The zero-order chi connectivity index (χ0) is 17.6. The van der Waals surface area contributed by atoms with Gasteiger partial charge in [0.15, 0.2) is 0 Å². The van der Waals surface area contributed by atoms with Crippen molar-refractivity contribution in [3.63, 3.8) is 0 Å². The summed E-state index contributed by atoms with van der Waals surface area (Å²) in [5.74, 6) is -0.725. The van der Waals surface area contributed by atoms with Crippen LogP contribution in [-0.4, -0.2) is 39.6 Å². The molecule has 0 bridgehead atoms. The highest BCUT2D eigenvalue weighted by Crippen LogP contribution is 2.10. The van der Waals surface area contributed by atoms with Crippen molar-refractivity contribution in [3.8, 4) is 0 Å². The smallest absolute Gasteiger partial charge is 0.271 e. The lowest BCUT2D eigenvalue weighted by molar-refractivity contribution is -0.125. The Morgan fingerprint density at radius 2 is 1.92 bits per heavy atom. The molecule has 25 heavy (non-hydrogen) atoms. The van der Waals surface area contributed by atoms with Crippen molar-refractivity contribution in [2.45, 2.75) is 19.4 Å². The molecule has 0 atom stereocenters. The van der Waals surface area contributed by atoms with Crippen molar-refractivity contribution in [1.29, 1.82) is 0 Å². The molecule has 1 aromatic heterocycles. The van der Waals surface area contributed by atoms with Gasteiger partial charge in [-0.05, 0) is 18.4 Å². The zero-order valence-corrected chi connectivity index (χ0v) is 13.9. The average Bonchev–Trinajstić information content (AvgIpc) is 3.28. The highest BCUT2D eigenvalue weighted by Gasteiger charge is 2.17. The molecule has 1 fully saturated rings. The van der Waals surface area contributed by atoms with Crippen LogP contribution in [0.5, 0.6) is 0 Å². The predicted molar refractivity (Wildman–Crippen MR) is 94.5 cm³/mol. The van der Waals surface area contributed by atoms with E-state index >= 15 is 0 Å². The molecule has 130 valence electrons. The van der Waals surface area contributed by atoms with Gasteiger partial charge in [-0.15, -0.1) is 0 Å². The Morgan fingerprint density at radius 3 is 2.64 bits per heavy atom. The number of hydrogen-bond acceptors (Lipinski definition) is 4. The molecule has 1 aliphatic heterocycles. The van der Waals surface area contributed by atoms with Gasteiger partial charge in [-0.25, -0.2) is 0 Å². The number of likely N-dealkylation sites (tertiary alicyclic amines) is 1. The Hall–Kier alpha value is -3.09. The molecule has 0 unspecified atom stereocenters. The van der Waals surface area contributed by atoms with Crippen LogP contribution in [-0.2, 0) is 16.1 Å². The molecule has 0 radical (unpaired) electrons. The van der Waals surface area contributed by atoms with Crippen molar-refractivity contribution in [1.82, 2.24) is 14.7 Å². The minimum absolute atomic E-state index is 0.104. The minimum Gasteiger partial charge on any atom is -0.394 e. The van der Waals surface area contributed by atoms with Crippen LogP contribution in [0.4, 0.5) is 5.69 Å². The Kier molecular flexibility index (Phi) is 5.13. The van der Waals surface area contributed by atoms with E-state index in [0.717, 1.165) is 31.5 Å². The van der Waals surface area contributed by atoms with Gasteiger partial charge in [0.1, 0.15) is 5.70 Å². The van der Waals surface area contributed by atoms with Gasteiger partial charge < -0.3 is 16.0 Å². The minimum atomic E-state index is -0.508. The summed E-state index contributed by atoms with van der Waals surface area (Å²) in [6, 6.07) is 9.89. The maximum absolute atomic E-state index is 12.1. The highest BCUT2D eigenvalue weighted by atomic mass is 16.2. The van der Waals surface area contributed by atoms with E-state index in [-0.39, 0.29) is 11.6 Å². The SMILES string of the molecule is NC(=CC(=O)N1CCCC1)C(=O)Nc1cnn(Cc2ccccc2)c1. The number of carbonyl (C=O) groups is 2. The summed E-state index contributed by atoms with van der Waals surface area (Å²) in [6.07, 6.45) is 6.45. The van der Waals surface area contributed by atoms with Crippen molar-refractivity contribution >= 4 is 17.5 Å². The maximum Gasteiger partial charge on any atom is 0.271 e. The van der Waals surface area contributed by atoms with E-state index in [1.807, 2.05) is 30.3 Å². The van der Waals surface area contributed by atoms with E-state index in [9.17, 15) is 9.59 Å². The summed E-state index contributed by atoms with van der Waals surface area (Å²) < 4.78 is 1.72. The first-order chi connectivity index (χ1) is 12.1. The van der Waals surface area contributed by atoms with Crippen molar-refractivity contribution in [3.05, 3.63) is 60.1 Å². The number of nitrogens with zero attached hydrogens (tertiary/aromatic N) is 3. The summed E-state index contributed by atoms with van der Waals surface area (Å²) >= 11 is 0. The molecule has 2 aromatic rings. The Morgan fingerprint density at radius 1 is 1.20 bits per heavy atom. The first-order valence-electron chi connectivity index (χ1n) is 8.25. The Balaban J connectivity index is 1.58. The van der Waals surface area contributed by atoms with Crippen LogP contribution in [0.15, 0.2) is 54.5 Å². The Bertz CT molecular complexity index is 776. The maximum atomic E-state index is 12.1. The summed E-state index contributed by atoms with van der Waals surface area (Å²) in [5.41, 5.74) is 7.28. The van der Waals surface area contributed by atoms with Gasteiger partial charge in [0.2, 0.25) is 5.91 Å². The number of nitrogens with two attached hydrogens (primary N) is 1. The molecular weight excluding hydrogens is 318 g/mol. The number of benzene rings is 1. The van der Waals surface area contributed by atoms with Gasteiger partial charge in [-0.3, -0.25) is 14.3 Å². The number of amides is 2. The lowest BCUT2D eigenvalue weighted by atomic mass is 10.2. The molecule has 1 aliphatic rings. The lowest BCUT2D eigenvalue weighted by Gasteiger charge is -2.12. The average molecular weight is 339 g/mol. The number of nitrogens with one attached hydrogen (secondary N) is 1. The number of rotatable bonds is 5. The molecule has 2 heterocycles. The second-order valence-corrected chi connectivity index (χ2v) is 6.00. The van der Waals surface area contributed by atoms with Crippen LogP contribution in [0.3, 0.4) is 0 Å². The van der Waals surface area contributed by atoms with Gasteiger partial charge in [0.05, 0.1) is 18.4 Å². The van der Waals surface area contributed by atoms with Crippen LogP contribution in [0, 0.1) is 0 Å². The second kappa shape index (κ2) is 7.65. The summed E-state index contributed by atoms with van der Waals surface area (Å²) in [5, 5.41) is 6.87. The van der Waals surface area contributed by atoms with Crippen LogP contribution in [0.1, 0.15) is 18.4 Å². The van der Waals surface area contributed by atoms with Gasteiger partial charge in [-0.2, -0.15) is 5.10 Å². The largest absolute Gasteiger partial charge is 0.394 e. The van der Waals surface area contributed by atoms with E-state index in [1.165, 1.54) is 6.08 Å². The quantitative estimate of drug-likeness (QED) is 0.804. The van der Waals surface area contributed by atoms with Gasteiger partial charge in [0.25, 0.3) is 5.91 Å². The summed E-state index contributed by atoms with van der Waals surface area (Å²) in [7, 11) is 0. The van der Waals surface area contributed by atoms with Crippen LogP contribution < -0.4 is 11.1 Å². The topological polar surface area (TPSA) is 93.2 Å². The molecule has 3 N–H and O–H groups in total. The molecule has 3 rings (SSSR count). The Labute approximate surface area is 146 Å². The standard InChI is InChI=1S/C18H21N5O2/c19-16(10-17(24)22-8-4-5-9-22)18(25)21-15-11-20-23(13-15)12-14-6-2-1-3-7-14/h1-3,6-7,10-11,13H,4-5,8-9,12,19H2,(H,21,25). The van der Waals surface area contributed by atoms with E-state index in [0.29, 0.717) is 12.2 Å². The van der Waals surface area contributed by atoms with Gasteiger partial charge in [0, 0.05) is 25.4 Å². The fourth-order valence-electron chi connectivity index (χ4n) is 2.72. The number of carbonyl (C=O) groups excluding carboxylic acids is 2. The molecule has 1 aromatic carbocycles. The third-order valence-electron chi connectivity index (χ3n) is 4.04. The molecule has 0 spiro atoms. The number of aromatic nitrogens is 2. The molecule has 1 saturated heterocycles.